The highest BCUT2D eigenvalue weighted by Crippen LogP contribution is 2.19. The second-order valence-electron chi connectivity index (χ2n) is 4.39. The van der Waals surface area contributed by atoms with Gasteiger partial charge in [-0.1, -0.05) is 26.8 Å². The largest absolute Gasteiger partial charge is 0.369 e. The third-order valence-corrected chi connectivity index (χ3v) is 2.57. The van der Waals surface area contributed by atoms with Crippen LogP contribution in [0.1, 0.15) is 32.9 Å². The fourth-order valence-electron chi connectivity index (χ4n) is 1.05. The van der Waals surface area contributed by atoms with Gasteiger partial charge in [0.1, 0.15) is 17.6 Å². The Morgan fingerprint density at radius 1 is 1.47 bits per heavy atom. The first-order valence-corrected chi connectivity index (χ1v) is 5.18. The van der Waals surface area contributed by atoms with Crippen LogP contribution in [-0.2, 0) is 0 Å². The summed E-state index contributed by atoms with van der Waals surface area (Å²) in [4.78, 5) is 4.16. The van der Waals surface area contributed by atoms with E-state index in [1.54, 1.807) is 6.07 Å². The highest BCUT2D eigenvalue weighted by Gasteiger charge is 2.14. The van der Waals surface area contributed by atoms with Gasteiger partial charge in [-0.2, -0.15) is 5.26 Å². The summed E-state index contributed by atoms with van der Waals surface area (Å²) in [7, 11) is 0. The normalized spacial score (nSPS) is 10.8. The van der Waals surface area contributed by atoms with Crippen LogP contribution in [0, 0.1) is 16.7 Å². The van der Waals surface area contributed by atoms with Crippen molar-refractivity contribution in [3.05, 3.63) is 23.9 Å². The minimum absolute atomic E-state index is 0.254. The lowest BCUT2D eigenvalue weighted by Gasteiger charge is -2.23. The molecule has 0 saturated carbocycles. The summed E-state index contributed by atoms with van der Waals surface area (Å²) in [6, 6.07) is 7.45. The van der Waals surface area contributed by atoms with E-state index in [9.17, 15) is 0 Å². The van der Waals surface area contributed by atoms with Gasteiger partial charge in [0.05, 0.1) is 0 Å². The molecule has 0 spiro atoms. The quantitative estimate of drug-likeness (QED) is 0.818. The zero-order chi connectivity index (χ0) is 11.3. The van der Waals surface area contributed by atoms with E-state index >= 15 is 0 Å². The van der Waals surface area contributed by atoms with Gasteiger partial charge >= 0.3 is 0 Å². The van der Waals surface area contributed by atoms with Crippen LogP contribution in [0.2, 0.25) is 0 Å². The van der Waals surface area contributed by atoms with Gasteiger partial charge in [0, 0.05) is 6.54 Å². The topological polar surface area (TPSA) is 48.7 Å². The van der Waals surface area contributed by atoms with E-state index < -0.39 is 0 Å². The van der Waals surface area contributed by atoms with E-state index in [1.807, 2.05) is 18.2 Å². The molecule has 0 aliphatic rings. The highest BCUT2D eigenvalue weighted by atomic mass is 15.0. The van der Waals surface area contributed by atoms with Crippen LogP contribution >= 0.6 is 0 Å². The van der Waals surface area contributed by atoms with Crippen molar-refractivity contribution in [1.82, 2.24) is 4.98 Å². The molecule has 0 aliphatic heterocycles. The molecular weight excluding hydrogens is 186 g/mol. The molecule has 80 valence electrons. The average Bonchev–Trinajstić information content (AvgIpc) is 2.27. The highest BCUT2D eigenvalue weighted by molar-refractivity contribution is 5.38. The lowest BCUT2D eigenvalue weighted by Crippen LogP contribution is -2.22. The molecule has 0 unspecified atom stereocenters. The van der Waals surface area contributed by atoms with Crippen LogP contribution in [0.3, 0.4) is 0 Å². The van der Waals surface area contributed by atoms with Crippen molar-refractivity contribution >= 4 is 5.82 Å². The van der Waals surface area contributed by atoms with Crippen molar-refractivity contribution in [2.45, 2.75) is 27.2 Å². The van der Waals surface area contributed by atoms with Gasteiger partial charge in [0.15, 0.2) is 0 Å². The van der Waals surface area contributed by atoms with E-state index in [0.29, 0.717) is 5.69 Å². The molecule has 1 heterocycles. The van der Waals surface area contributed by atoms with Crippen LogP contribution in [0.4, 0.5) is 5.82 Å². The predicted octanol–water partition coefficient (Wildman–Crippen LogP) is 2.80. The molecule has 1 N–H and O–H groups in total. The maximum Gasteiger partial charge on any atom is 0.142 e. The number of pyridine rings is 1. The van der Waals surface area contributed by atoms with E-state index in [2.05, 4.69) is 31.1 Å². The number of aromatic nitrogens is 1. The molecule has 0 atom stereocenters. The van der Waals surface area contributed by atoms with Crippen LogP contribution in [0.25, 0.3) is 0 Å². The number of hydrogen-bond acceptors (Lipinski definition) is 3. The fraction of sp³-hybridized carbons (Fsp3) is 0.500. The Morgan fingerprint density at radius 3 is 2.80 bits per heavy atom. The van der Waals surface area contributed by atoms with Gasteiger partial charge in [0.25, 0.3) is 0 Å². The fourth-order valence-corrected chi connectivity index (χ4v) is 1.05. The smallest absolute Gasteiger partial charge is 0.142 e. The van der Waals surface area contributed by atoms with Crippen LogP contribution in [0.15, 0.2) is 18.2 Å². The van der Waals surface area contributed by atoms with E-state index in [1.165, 1.54) is 0 Å². The lowest BCUT2D eigenvalue weighted by atomic mass is 9.90. The zero-order valence-electron chi connectivity index (χ0n) is 9.54. The number of nitrogens with zero attached hydrogens (tertiary/aromatic N) is 2. The summed E-state index contributed by atoms with van der Waals surface area (Å²) < 4.78 is 0. The molecule has 0 fully saturated rings. The first-order chi connectivity index (χ1) is 7.07. The number of anilines is 1. The Labute approximate surface area is 91.1 Å². The minimum Gasteiger partial charge on any atom is -0.369 e. The predicted molar refractivity (Wildman–Crippen MR) is 61.5 cm³/mol. The van der Waals surface area contributed by atoms with Gasteiger partial charge < -0.3 is 5.32 Å². The summed E-state index contributed by atoms with van der Waals surface area (Å²) in [5, 5.41) is 11.9. The van der Waals surface area contributed by atoms with Gasteiger partial charge in [-0.25, -0.2) is 4.98 Å². The summed E-state index contributed by atoms with van der Waals surface area (Å²) in [6.07, 6.45) is 1.11. The standard InChI is InChI=1S/C12H17N3/c1-4-12(2,3)9-14-11-7-5-6-10(8-13)15-11/h5-7H,4,9H2,1-3H3,(H,14,15). The Kier molecular flexibility index (Phi) is 3.68. The molecule has 0 amide bonds. The SMILES string of the molecule is CCC(C)(C)CNc1cccc(C#N)n1. The van der Waals surface area contributed by atoms with E-state index in [-0.39, 0.29) is 5.41 Å². The number of nitrogens with one attached hydrogen (secondary N) is 1. The van der Waals surface area contributed by atoms with Crippen LogP contribution in [0.5, 0.6) is 0 Å². The molecule has 0 aromatic carbocycles. The lowest BCUT2D eigenvalue weighted by molar-refractivity contribution is 0.376. The van der Waals surface area contributed by atoms with Gasteiger partial charge in [-0.05, 0) is 24.0 Å². The number of rotatable bonds is 4. The van der Waals surface area contributed by atoms with Gasteiger partial charge in [0.2, 0.25) is 0 Å². The molecule has 3 nitrogen and oxygen atoms in total. The Balaban J connectivity index is 2.62. The molecule has 15 heavy (non-hydrogen) atoms. The minimum atomic E-state index is 0.254. The molecule has 0 bridgehead atoms. The average molecular weight is 203 g/mol. The zero-order valence-corrected chi connectivity index (χ0v) is 9.54. The molecule has 0 aliphatic carbocycles. The number of nitriles is 1. The van der Waals surface area contributed by atoms with Crippen LogP contribution in [-0.4, -0.2) is 11.5 Å². The second kappa shape index (κ2) is 4.79. The molecule has 1 aromatic rings. The molecule has 0 saturated heterocycles. The van der Waals surface area contributed by atoms with Crippen molar-refractivity contribution in [3.63, 3.8) is 0 Å². The Hall–Kier alpha value is -1.56. The van der Waals surface area contributed by atoms with Crippen molar-refractivity contribution < 1.29 is 0 Å². The maximum atomic E-state index is 8.70. The van der Waals surface area contributed by atoms with Crippen molar-refractivity contribution in [1.29, 1.82) is 5.26 Å². The third kappa shape index (κ3) is 3.59. The maximum absolute atomic E-state index is 8.70. The van der Waals surface area contributed by atoms with E-state index in [0.717, 1.165) is 18.8 Å². The molecule has 1 aromatic heterocycles. The van der Waals surface area contributed by atoms with Gasteiger partial charge in [-0.15, -0.1) is 0 Å². The van der Waals surface area contributed by atoms with Crippen molar-refractivity contribution in [2.24, 2.45) is 5.41 Å². The number of hydrogen-bond donors (Lipinski definition) is 1. The monoisotopic (exact) mass is 203 g/mol. The van der Waals surface area contributed by atoms with Crippen LogP contribution < -0.4 is 5.32 Å². The summed E-state index contributed by atoms with van der Waals surface area (Å²) in [6.45, 7) is 7.44. The summed E-state index contributed by atoms with van der Waals surface area (Å²) >= 11 is 0. The van der Waals surface area contributed by atoms with Crippen molar-refractivity contribution in [2.75, 3.05) is 11.9 Å². The first kappa shape index (κ1) is 11.5. The second-order valence-corrected chi connectivity index (χ2v) is 4.39. The van der Waals surface area contributed by atoms with E-state index in [4.69, 9.17) is 5.26 Å². The molecular formula is C12H17N3. The molecule has 3 heteroatoms. The third-order valence-electron chi connectivity index (χ3n) is 2.57. The Morgan fingerprint density at radius 2 is 2.20 bits per heavy atom. The van der Waals surface area contributed by atoms with Crippen molar-refractivity contribution in [3.8, 4) is 6.07 Å². The molecule has 1 rings (SSSR count). The van der Waals surface area contributed by atoms with Gasteiger partial charge in [-0.3, -0.25) is 0 Å². The Bertz CT molecular complexity index is 363. The summed E-state index contributed by atoms with van der Waals surface area (Å²) in [5.41, 5.74) is 0.707. The summed E-state index contributed by atoms with van der Waals surface area (Å²) in [5.74, 6) is 0.774. The first-order valence-electron chi connectivity index (χ1n) is 5.18. The molecule has 0 radical (unpaired) electrons.